The first-order valence-electron chi connectivity index (χ1n) is 9.43. The van der Waals surface area contributed by atoms with Crippen LogP contribution in [0.5, 0.6) is 5.75 Å². The molecule has 136 valence electrons. The van der Waals surface area contributed by atoms with Crippen LogP contribution in [0.25, 0.3) is 0 Å². The van der Waals surface area contributed by atoms with Crippen molar-refractivity contribution in [2.75, 3.05) is 40.3 Å². The van der Waals surface area contributed by atoms with Crippen LogP contribution < -0.4 is 4.74 Å². The van der Waals surface area contributed by atoms with E-state index >= 15 is 0 Å². The molecule has 24 heavy (non-hydrogen) atoms. The summed E-state index contributed by atoms with van der Waals surface area (Å²) < 4.78 is 5.81. The van der Waals surface area contributed by atoms with Gasteiger partial charge in [-0.15, -0.1) is 0 Å². The van der Waals surface area contributed by atoms with Gasteiger partial charge in [0.2, 0.25) is 0 Å². The summed E-state index contributed by atoms with van der Waals surface area (Å²) in [6.07, 6.45) is 3.73. The van der Waals surface area contributed by atoms with Crippen LogP contribution in [0.3, 0.4) is 0 Å². The molecule has 0 aromatic heterocycles. The predicted molar refractivity (Wildman–Crippen MR) is 103 cm³/mol. The summed E-state index contributed by atoms with van der Waals surface area (Å²) in [5, 5.41) is 0. The molecule has 0 aliphatic carbocycles. The quantitative estimate of drug-likeness (QED) is 0.693. The van der Waals surface area contributed by atoms with Crippen LogP contribution in [0.2, 0.25) is 0 Å². The van der Waals surface area contributed by atoms with Gasteiger partial charge in [0.05, 0.1) is 6.61 Å². The Morgan fingerprint density at radius 3 is 2.25 bits per heavy atom. The standard InChI is InChI=1S/C21H36N2O/c1-21(2,3)19-11-14-23(15-12-19)17-18-7-9-20(10-8-18)24-16-6-13-22(4)5/h7-10,19H,6,11-17H2,1-5H3. The highest BCUT2D eigenvalue weighted by Gasteiger charge is 2.28. The second-order valence-electron chi connectivity index (χ2n) is 8.57. The molecule has 1 aromatic rings. The Hall–Kier alpha value is -1.06. The lowest BCUT2D eigenvalue weighted by Gasteiger charge is -2.38. The fraction of sp³-hybridized carbons (Fsp3) is 0.714. The molecule has 1 heterocycles. The lowest BCUT2D eigenvalue weighted by atomic mass is 9.75. The van der Waals surface area contributed by atoms with Gasteiger partial charge in [-0.2, -0.15) is 0 Å². The molecule has 0 bridgehead atoms. The Bertz CT molecular complexity index is 468. The first-order chi connectivity index (χ1) is 11.3. The maximum Gasteiger partial charge on any atom is 0.119 e. The average Bonchev–Trinajstić information content (AvgIpc) is 2.52. The van der Waals surface area contributed by atoms with E-state index in [4.69, 9.17) is 4.74 Å². The summed E-state index contributed by atoms with van der Waals surface area (Å²) >= 11 is 0. The van der Waals surface area contributed by atoms with Crippen molar-refractivity contribution in [1.82, 2.24) is 9.80 Å². The van der Waals surface area contributed by atoms with Gasteiger partial charge in [0.1, 0.15) is 5.75 Å². The molecule has 0 atom stereocenters. The first kappa shape index (κ1) is 19.3. The zero-order chi connectivity index (χ0) is 17.6. The number of benzene rings is 1. The molecule has 1 aromatic carbocycles. The van der Waals surface area contributed by atoms with Crippen molar-refractivity contribution in [3.63, 3.8) is 0 Å². The van der Waals surface area contributed by atoms with Crippen molar-refractivity contribution in [3.05, 3.63) is 29.8 Å². The third kappa shape index (κ3) is 6.45. The number of piperidine rings is 1. The highest BCUT2D eigenvalue weighted by Crippen LogP contribution is 2.34. The van der Waals surface area contributed by atoms with Crippen LogP contribution in [0, 0.1) is 11.3 Å². The van der Waals surface area contributed by atoms with Crippen LogP contribution in [0.4, 0.5) is 0 Å². The molecule has 0 saturated carbocycles. The largest absolute Gasteiger partial charge is 0.494 e. The van der Waals surface area contributed by atoms with E-state index in [2.05, 4.69) is 68.9 Å². The van der Waals surface area contributed by atoms with Gasteiger partial charge >= 0.3 is 0 Å². The van der Waals surface area contributed by atoms with E-state index in [1.54, 1.807) is 0 Å². The smallest absolute Gasteiger partial charge is 0.119 e. The first-order valence-corrected chi connectivity index (χ1v) is 9.43. The van der Waals surface area contributed by atoms with Gasteiger partial charge in [-0.05, 0) is 75.5 Å². The van der Waals surface area contributed by atoms with Gasteiger partial charge in [-0.3, -0.25) is 4.90 Å². The third-order valence-corrected chi connectivity index (χ3v) is 5.16. The molecular weight excluding hydrogens is 296 g/mol. The van der Waals surface area contributed by atoms with E-state index in [1.807, 2.05) is 0 Å². The minimum absolute atomic E-state index is 0.456. The Morgan fingerprint density at radius 2 is 1.71 bits per heavy atom. The van der Waals surface area contributed by atoms with Gasteiger partial charge in [-0.1, -0.05) is 32.9 Å². The fourth-order valence-corrected chi connectivity index (χ4v) is 3.48. The van der Waals surface area contributed by atoms with Crippen LogP contribution >= 0.6 is 0 Å². The van der Waals surface area contributed by atoms with Crippen LogP contribution in [-0.2, 0) is 6.54 Å². The van der Waals surface area contributed by atoms with Crippen molar-refractivity contribution in [3.8, 4) is 5.75 Å². The lowest BCUT2D eigenvalue weighted by molar-refractivity contribution is 0.108. The lowest BCUT2D eigenvalue weighted by Crippen LogP contribution is -2.37. The maximum absolute atomic E-state index is 5.81. The number of hydrogen-bond acceptors (Lipinski definition) is 3. The van der Waals surface area contributed by atoms with Crippen molar-refractivity contribution in [1.29, 1.82) is 0 Å². The highest BCUT2D eigenvalue weighted by molar-refractivity contribution is 5.27. The third-order valence-electron chi connectivity index (χ3n) is 5.16. The molecule has 1 saturated heterocycles. The van der Waals surface area contributed by atoms with Gasteiger partial charge in [-0.25, -0.2) is 0 Å². The Balaban J connectivity index is 1.72. The van der Waals surface area contributed by atoms with E-state index < -0.39 is 0 Å². The topological polar surface area (TPSA) is 15.7 Å². The van der Waals surface area contributed by atoms with Crippen molar-refractivity contribution in [2.45, 2.75) is 46.6 Å². The van der Waals surface area contributed by atoms with Crippen LogP contribution in [0.15, 0.2) is 24.3 Å². The molecule has 0 amide bonds. The van der Waals surface area contributed by atoms with Crippen molar-refractivity contribution in [2.24, 2.45) is 11.3 Å². The van der Waals surface area contributed by atoms with E-state index in [0.29, 0.717) is 5.41 Å². The number of hydrogen-bond donors (Lipinski definition) is 0. The zero-order valence-corrected chi connectivity index (χ0v) is 16.3. The number of ether oxygens (including phenoxy) is 1. The molecule has 1 aliphatic heterocycles. The summed E-state index contributed by atoms with van der Waals surface area (Å²) in [5.41, 5.74) is 1.85. The van der Waals surface area contributed by atoms with E-state index in [9.17, 15) is 0 Å². The second-order valence-corrected chi connectivity index (χ2v) is 8.57. The number of nitrogens with zero attached hydrogens (tertiary/aromatic N) is 2. The van der Waals surface area contributed by atoms with Gasteiger partial charge < -0.3 is 9.64 Å². The van der Waals surface area contributed by atoms with Gasteiger partial charge in [0.25, 0.3) is 0 Å². The van der Waals surface area contributed by atoms with E-state index in [1.165, 1.54) is 31.5 Å². The summed E-state index contributed by atoms with van der Waals surface area (Å²) in [7, 11) is 4.19. The zero-order valence-electron chi connectivity index (χ0n) is 16.3. The molecule has 0 unspecified atom stereocenters. The normalized spacial score (nSPS) is 17.4. The van der Waals surface area contributed by atoms with E-state index in [0.717, 1.165) is 37.8 Å². The highest BCUT2D eigenvalue weighted by atomic mass is 16.5. The molecule has 2 rings (SSSR count). The summed E-state index contributed by atoms with van der Waals surface area (Å²) in [6, 6.07) is 8.67. The summed E-state index contributed by atoms with van der Waals surface area (Å²) in [4.78, 5) is 4.78. The average molecular weight is 333 g/mol. The molecule has 0 spiro atoms. The van der Waals surface area contributed by atoms with Crippen molar-refractivity contribution < 1.29 is 4.74 Å². The minimum Gasteiger partial charge on any atom is -0.494 e. The minimum atomic E-state index is 0.456. The molecule has 3 nitrogen and oxygen atoms in total. The van der Waals surface area contributed by atoms with Gasteiger partial charge in [0, 0.05) is 13.1 Å². The molecule has 3 heteroatoms. The predicted octanol–water partition coefficient (Wildman–Crippen LogP) is 4.28. The van der Waals surface area contributed by atoms with Crippen LogP contribution in [-0.4, -0.2) is 50.1 Å². The Morgan fingerprint density at radius 1 is 1.08 bits per heavy atom. The summed E-state index contributed by atoms with van der Waals surface area (Å²) in [5.74, 6) is 1.86. The monoisotopic (exact) mass is 332 g/mol. The fourth-order valence-electron chi connectivity index (χ4n) is 3.48. The molecule has 0 N–H and O–H groups in total. The maximum atomic E-state index is 5.81. The van der Waals surface area contributed by atoms with Gasteiger partial charge in [0.15, 0.2) is 0 Å². The molecule has 1 aliphatic rings. The number of likely N-dealkylation sites (tertiary alicyclic amines) is 1. The van der Waals surface area contributed by atoms with Crippen molar-refractivity contribution >= 4 is 0 Å². The molecule has 0 radical (unpaired) electrons. The second kappa shape index (κ2) is 8.87. The summed E-state index contributed by atoms with van der Waals surface area (Å²) in [6.45, 7) is 12.5. The molecule has 1 fully saturated rings. The molecular formula is C21H36N2O. The number of rotatable bonds is 7. The Kier molecular flexibility index (Phi) is 7.12. The van der Waals surface area contributed by atoms with E-state index in [-0.39, 0.29) is 0 Å². The SMILES string of the molecule is CN(C)CCCOc1ccc(CN2CCC(C(C)(C)C)CC2)cc1. The Labute approximate surface area is 149 Å². The van der Waals surface area contributed by atoms with Crippen LogP contribution in [0.1, 0.15) is 45.6 Å².